The fraction of sp³-hybridized carbons (Fsp3) is 0.294. The van der Waals surface area contributed by atoms with Gasteiger partial charge >= 0.3 is 0 Å². The largest absolute Gasteiger partial charge is 0.494 e. The molecule has 0 unspecified atom stereocenters. The second-order valence-corrected chi connectivity index (χ2v) is 7.01. The van der Waals surface area contributed by atoms with Gasteiger partial charge in [0.25, 0.3) is 10.0 Å². The molecular weight excluding hydrogens is 330 g/mol. The van der Waals surface area contributed by atoms with E-state index >= 15 is 0 Å². The number of nitrogens with one attached hydrogen (secondary N) is 1. The molecule has 0 radical (unpaired) electrons. The lowest BCUT2D eigenvalue weighted by molar-refractivity contribution is 0.171. The van der Waals surface area contributed by atoms with Crippen molar-refractivity contribution in [3.63, 3.8) is 0 Å². The summed E-state index contributed by atoms with van der Waals surface area (Å²) >= 11 is 0. The Morgan fingerprint density at radius 3 is 2.54 bits per heavy atom. The average Bonchev–Trinajstić information content (AvgIpc) is 2.57. The highest BCUT2D eigenvalue weighted by molar-refractivity contribution is 7.92. The lowest BCUT2D eigenvalue weighted by Gasteiger charge is -2.19. The molecule has 2 aromatic rings. The quantitative estimate of drug-likeness (QED) is 0.898. The first-order chi connectivity index (χ1) is 11.5. The maximum atomic E-state index is 12.6. The van der Waals surface area contributed by atoms with Crippen LogP contribution in [0.2, 0.25) is 0 Å². The summed E-state index contributed by atoms with van der Waals surface area (Å²) < 4.78 is 44.0. The van der Waals surface area contributed by atoms with Crippen LogP contribution in [0.3, 0.4) is 0 Å². The van der Waals surface area contributed by atoms with Gasteiger partial charge in [-0.25, -0.2) is 8.42 Å². The highest BCUT2D eigenvalue weighted by atomic mass is 32.2. The normalized spacial score (nSPS) is 13.4. The van der Waals surface area contributed by atoms with Crippen LogP contribution in [0, 0.1) is 6.92 Å². The molecule has 1 heterocycles. The third-order valence-corrected chi connectivity index (χ3v) is 4.93. The molecule has 0 fully saturated rings. The number of rotatable bonds is 5. The summed E-state index contributed by atoms with van der Waals surface area (Å²) in [5.74, 6) is 1.73. The topological polar surface area (TPSA) is 73.9 Å². The van der Waals surface area contributed by atoms with Crippen molar-refractivity contribution in [1.29, 1.82) is 0 Å². The van der Waals surface area contributed by atoms with Gasteiger partial charge in [0.15, 0.2) is 11.5 Å². The second-order valence-electron chi connectivity index (χ2n) is 5.32. The van der Waals surface area contributed by atoms with Crippen LogP contribution in [0.5, 0.6) is 17.2 Å². The van der Waals surface area contributed by atoms with Crippen LogP contribution in [0.4, 0.5) is 5.69 Å². The average molecular weight is 349 g/mol. The van der Waals surface area contributed by atoms with Crippen molar-refractivity contribution in [3.05, 3.63) is 42.0 Å². The summed E-state index contributed by atoms with van der Waals surface area (Å²) in [5, 5.41) is 0. The Morgan fingerprint density at radius 2 is 1.83 bits per heavy atom. The Labute approximate surface area is 141 Å². The molecule has 0 saturated carbocycles. The van der Waals surface area contributed by atoms with Crippen LogP contribution < -0.4 is 18.9 Å². The first kappa shape index (κ1) is 16.4. The Hall–Kier alpha value is -2.41. The van der Waals surface area contributed by atoms with Gasteiger partial charge in [-0.05, 0) is 49.7 Å². The molecule has 1 aliphatic heterocycles. The minimum atomic E-state index is -3.72. The predicted octanol–water partition coefficient (Wildman–Crippen LogP) is 2.97. The fourth-order valence-electron chi connectivity index (χ4n) is 2.44. The minimum Gasteiger partial charge on any atom is -0.494 e. The summed E-state index contributed by atoms with van der Waals surface area (Å²) in [7, 11) is -3.72. The monoisotopic (exact) mass is 349 g/mol. The Bertz CT molecular complexity index is 848. The molecule has 7 heteroatoms. The standard InChI is InChI=1S/C17H19NO5S/c1-3-21-15-6-4-13(10-12(15)2)18-24(19,20)14-5-7-16-17(11-14)23-9-8-22-16/h4-7,10-11,18H,3,8-9H2,1-2H3. The maximum Gasteiger partial charge on any atom is 0.262 e. The molecule has 0 spiro atoms. The molecule has 0 saturated heterocycles. The van der Waals surface area contributed by atoms with Crippen molar-refractivity contribution in [2.24, 2.45) is 0 Å². The van der Waals surface area contributed by atoms with E-state index in [2.05, 4.69) is 4.72 Å². The summed E-state index contributed by atoms with van der Waals surface area (Å²) in [5.41, 5.74) is 1.34. The molecule has 3 rings (SSSR count). The zero-order valence-corrected chi connectivity index (χ0v) is 14.4. The van der Waals surface area contributed by atoms with Gasteiger partial charge in [-0.3, -0.25) is 4.72 Å². The lowest BCUT2D eigenvalue weighted by Crippen LogP contribution is -2.17. The number of anilines is 1. The van der Waals surface area contributed by atoms with Crippen LogP contribution >= 0.6 is 0 Å². The number of hydrogen-bond acceptors (Lipinski definition) is 5. The van der Waals surface area contributed by atoms with Crippen LogP contribution in [0.1, 0.15) is 12.5 Å². The van der Waals surface area contributed by atoms with E-state index in [4.69, 9.17) is 14.2 Å². The summed E-state index contributed by atoms with van der Waals surface area (Å²) in [6.45, 7) is 5.19. The van der Waals surface area contributed by atoms with Crippen LogP contribution in [-0.2, 0) is 10.0 Å². The van der Waals surface area contributed by atoms with Gasteiger partial charge in [0.1, 0.15) is 19.0 Å². The maximum absolute atomic E-state index is 12.6. The van der Waals surface area contributed by atoms with Gasteiger partial charge in [-0.1, -0.05) is 0 Å². The van der Waals surface area contributed by atoms with E-state index in [-0.39, 0.29) is 4.90 Å². The summed E-state index contributed by atoms with van der Waals surface area (Å²) in [4.78, 5) is 0.123. The first-order valence-electron chi connectivity index (χ1n) is 7.65. The number of sulfonamides is 1. The van der Waals surface area contributed by atoms with Crippen molar-refractivity contribution in [1.82, 2.24) is 0 Å². The molecule has 24 heavy (non-hydrogen) atoms. The number of hydrogen-bond donors (Lipinski definition) is 1. The van der Waals surface area contributed by atoms with Crippen molar-refractivity contribution < 1.29 is 22.6 Å². The van der Waals surface area contributed by atoms with Gasteiger partial charge in [-0.15, -0.1) is 0 Å². The van der Waals surface area contributed by atoms with Gasteiger partial charge < -0.3 is 14.2 Å². The van der Waals surface area contributed by atoms with Crippen molar-refractivity contribution in [2.75, 3.05) is 24.5 Å². The van der Waals surface area contributed by atoms with Gasteiger partial charge in [0, 0.05) is 11.8 Å². The van der Waals surface area contributed by atoms with Crippen LogP contribution in [0.25, 0.3) is 0 Å². The van der Waals surface area contributed by atoms with E-state index in [0.717, 1.165) is 11.3 Å². The van der Waals surface area contributed by atoms with Crippen molar-refractivity contribution in [3.8, 4) is 17.2 Å². The molecule has 128 valence electrons. The van der Waals surface area contributed by atoms with Gasteiger partial charge in [-0.2, -0.15) is 0 Å². The van der Waals surface area contributed by atoms with Gasteiger partial charge in [0.2, 0.25) is 0 Å². The van der Waals surface area contributed by atoms with E-state index in [0.29, 0.717) is 37.0 Å². The third-order valence-electron chi connectivity index (χ3n) is 3.55. The number of fused-ring (bicyclic) bond motifs is 1. The Morgan fingerprint density at radius 1 is 1.08 bits per heavy atom. The van der Waals surface area contributed by atoms with Crippen LogP contribution in [-0.4, -0.2) is 28.2 Å². The number of aryl methyl sites for hydroxylation is 1. The molecule has 1 aliphatic rings. The SMILES string of the molecule is CCOc1ccc(NS(=O)(=O)c2ccc3c(c2)OCCO3)cc1C. The number of ether oxygens (including phenoxy) is 3. The Kier molecular flexibility index (Phi) is 4.53. The molecule has 1 N–H and O–H groups in total. The molecule has 0 aromatic heterocycles. The van der Waals surface area contributed by atoms with Crippen LogP contribution in [0.15, 0.2) is 41.3 Å². The number of benzene rings is 2. The smallest absolute Gasteiger partial charge is 0.262 e. The molecule has 0 atom stereocenters. The highest BCUT2D eigenvalue weighted by Crippen LogP contribution is 2.33. The Balaban J connectivity index is 1.85. The molecule has 0 amide bonds. The zero-order chi connectivity index (χ0) is 17.2. The summed E-state index contributed by atoms with van der Waals surface area (Å²) in [6.07, 6.45) is 0. The predicted molar refractivity (Wildman–Crippen MR) is 90.6 cm³/mol. The van der Waals surface area contributed by atoms with Gasteiger partial charge in [0.05, 0.1) is 11.5 Å². The van der Waals surface area contributed by atoms with E-state index < -0.39 is 10.0 Å². The highest BCUT2D eigenvalue weighted by Gasteiger charge is 2.19. The van der Waals surface area contributed by atoms with Crippen molar-refractivity contribution in [2.45, 2.75) is 18.7 Å². The van der Waals surface area contributed by atoms with E-state index in [1.807, 2.05) is 13.8 Å². The van der Waals surface area contributed by atoms with E-state index in [1.165, 1.54) is 12.1 Å². The first-order valence-corrected chi connectivity index (χ1v) is 9.14. The molecular formula is C17H19NO5S. The third kappa shape index (κ3) is 3.41. The lowest BCUT2D eigenvalue weighted by atomic mass is 10.2. The summed E-state index contributed by atoms with van der Waals surface area (Å²) in [6, 6.07) is 9.73. The van der Waals surface area contributed by atoms with E-state index in [1.54, 1.807) is 24.3 Å². The molecule has 2 aromatic carbocycles. The molecule has 0 aliphatic carbocycles. The molecule has 6 nitrogen and oxygen atoms in total. The molecule has 0 bridgehead atoms. The minimum absolute atomic E-state index is 0.123. The fourth-order valence-corrected chi connectivity index (χ4v) is 3.50. The van der Waals surface area contributed by atoms with E-state index in [9.17, 15) is 8.42 Å². The van der Waals surface area contributed by atoms with Crippen molar-refractivity contribution >= 4 is 15.7 Å². The second kappa shape index (κ2) is 6.60. The zero-order valence-electron chi connectivity index (χ0n) is 13.5.